The van der Waals surface area contributed by atoms with Crippen LogP contribution in [0.25, 0.3) is 0 Å². The third-order valence-electron chi connectivity index (χ3n) is 2.88. The molecule has 1 aromatic carbocycles. The fourth-order valence-corrected chi connectivity index (χ4v) is 3.69. The van der Waals surface area contributed by atoms with Gasteiger partial charge >= 0.3 is 6.03 Å². The molecule has 0 saturated carbocycles. The van der Waals surface area contributed by atoms with Gasteiger partial charge in [0.1, 0.15) is 5.82 Å². The highest BCUT2D eigenvalue weighted by molar-refractivity contribution is 7.91. The van der Waals surface area contributed by atoms with Crippen LogP contribution in [0.15, 0.2) is 24.3 Å². The summed E-state index contributed by atoms with van der Waals surface area (Å²) in [6, 6.07) is 4.60. The number of nitrogens with one attached hydrogen (secondary N) is 2. The summed E-state index contributed by atoms with van der Waals surface area (Å²) in [6.45, 7) is 0. The van der Waals surface area contributed by atoms with Gasteiger partial charge in [-0.2, -0.15) is 0 Å². The van der Waals surface area contributed by atoms with Crippen LogP contribution in [0, 0.1) is 5.82 Å². The lowest BCUT2D eigenvalue weighted by Gasteiger charge is -2.23. The second-order valence-electron chi connectivity index (χ2n) is 4.56. The minimum absolute atomic E-state index is 0.0381. The van der Waals surface area contributed by atoms with Gasteiger partial charge in [-0.1, -0.05) is 6.07 Å². The molecule has 1 atom stereocenters. The van der Waals surface area contributed by atoms with E-state index in [1.807, 2.05) is 0 Å². The Bertz CT molecular complexity index is 574. The van der Waals surface area contributed by atoms with Crippen LogP contribution in [0.5, 0.6) is 0 Å². The quantitative estimate of drug-likeness (QED) is 0.865. The van der Waals surface area contributed by atoms with Gasteiger partial charge in [-0.25, -0.2) is 17.6 Å². The summed E-state index contributed by atoms with van der Waals surface area (Å²) in [6.07, 6.45) is 1.18. The number of hydrogen-bond acceptors (Lipinski definition) is 3. The maximum atomic E-state index is 12.9. The number of sulfone groups is 1. The van der Waals surface area contributed by atoms with Gasteiger partial charge in [0.05, 0.1) is 11.5 Å². The first kappa shape index (κ1) is 13.8. The Hall–Kier alpha value is -1.63. The summed E-state index contributed by atoms with van der Waals surface area (Å²) in [5, 5.41) is 5.06. The largest absolute Gasteiger partial charge is 0.334 e. The molecule has 1 heterocycles. The molecular weight excluding hydrogens is 271 g/mol. The Morgan fingerprint density at radius 2 is 2.16 bits per heavy atom. The minimum atomic E-state index is -3.06. The first-order valence-corrected chi connectivity index (χ1v) is 7.80. The van der Waals surface area contributed by atoms with Gasteiger partial charge in [0.25, 0.3) is 0 Å². The number of carbonyl (C=O) groups excluding carboxylic acids is 1. The van der Waals surface area contributed by atoms with Crippen LogP contribution in [0.3, 0.4) is 0 Å². The normalized spacial score (nSPS) is 21.6. The van der Waals surface area contributed by atoms with E-state index in [4.69, 9.17) is 0 Å². The first-order valence-electron chi connectivity index (χ1n) is 5.98. The Kier molecular flexibility index (Phi) is 4.04. The fraction of sp³-hybridized carbons (Fsp3) is 0.417. The number of rotatable bonds is 2. The molecule has 2 amide bonds. The molecule has 1 aromatic rings. The Labute approximate surface area is 111 Å². The van der Waals surface area contributed by atoms with Crippen LogP contribution in [-0.2, 0) is 9.84 Å². The number of urea groups is 1. The van der Waals surface area contributed by atoms with Gasteiger partial charge in [-0.15, -0.1) is 0 Å². The lowest BCUT2D eigenvalue weighted by atomic mass is 10.2. The first-order chi connectivity index (χ1) is 8.94. The van der Waals surface area contributed by atoms with Gasteiger partial charge in [0.15, 0.2) is 9.84 Å². The molecule has 2 rings (SSSR count). The topological polar surface area (TPSA) is 75.3 Å². The van der Waals surface area contributed by atoms with Crippen molar-refractivity contribution >= 4 is 21.6 Å². The van der Waals surface area contributed by atoms with Gasteiger partial charge in [0, 0.05) is 11.7 Å². The van der Waals surface area contributed by atoms with Crippen molar-refractivity contribution in [1.29, 1.82) is 0 Å². The third kappa shape index (κ3) is 4.20. The highest BCUT2D eigenvalue weighted by Crippen LogP contribution is 2.13. The average Bonchev–Trinajstić information content (AvgIpc) is 2.27. The van der Waals surface area contributed by atoms with E-state index in [9.17, 15) is 17.6 Å². The number of hydrogen-bond donors (Lipinski definition) is 2. The predicted octanol–water partition coefficient (Wildman–Crippen LogP) is 1.52. The number of carbonyl (C=O) groups is 1. The van der Waals surface area contributed by atoms with E-state index in [0.717, 1.165) is 0 Å². The molecule has 1 fully saturated rings. The molecule has 5 nitrogen and oxygen atoms in total. The number of anilines is 1. The van der Waals surface area contributed by atoms with Crippen molar-refractivity contribution in [1.82, 2.24) is 5.32 Å². The van der Waals surface area contributed by atoms with Crippen molar-refractivity contribution in [3.05, 3.63) is 30.1 Å². The standard InChI is InChI=1S/C12H15FN2O3S/c13-9-3-1-4-10(7-9)14-12(16)15-11-5-2-6-19(17,18)8-11/h1,3-4,7,11H,2,5-6,8H2,(H2,14,15,16)/t11-/m0/s1. The summed E-state index contributed by atoms with van der Waals surface area (Å²) in [4.78, 5) is 11.7. The summed E-state index contributed by atoms with van der Waals surface area (Å²) in [5.41, 5.74) is 0.330. The van der Waals surface area contributed by atoms with E-state index >= 15 is 0 Å². The lowest BCUT2D eigenvalue weighted by Crippen LogP contribution is -2.44. The minimum Gasteiger partial charge on any atom is -0.334 e. The number of amides is 2. The summed E-state index contributed by atoms with van der Waals surface area (Å²) in [7, 11) is -3.06. The molecule has 7 heteroatoms. The highest BCUT2D eigenvalue weighted by atomic mass is 32.2. The van der Waals surface area contributed by atoms with E-state index in [0.29, 0.717) is 18.5 Å². The van der Waals surface area contributed by atoms with E-state index in [1.165, 1.54) is 18.2 Å². The van der Waals surface area contributed by atoms with E-state index in [1.54, 1.807) is 6.07 Å². The maximum Gasteiger partial charge on any atom is 0.319 e. The molecule has 104 valence electrons. The van der Waals surface area contributed by atoms with Crippen LogP contribution in [-0.4, -0.2) is 32.0 Å². The second kappa shape index (κ2) is 5.56. The van der Waals surface area contributed by atoms with Crippen molar-refractivity contribution in [3.8, 4) is 0 Å². The third-order valence-corrected chi connectivity index (χ3v) is 4.70. The monoisotopic (exact) mass is 286 g/mol. The van der Waals surface area contributed by atoms with E-state index in [2.05, 4.69) is 10.6 Å². The maximum absolute atomic E-state index is 12.9. The number of benzene rings is 1. The number of halogens is 1. The van der Waals surface area contributed by atoms with Crippen LogP contribution < -0.4 is 10.6 Å². The summed E-state index contributed by atoms with van der Waals surface area (Å²) < 4.78 is 35.8. The highest BCUT2D eigenvalue weighted by Gasteiger charge is 2.25. The Morgan fingerprint density at radius 1 is 1.37 bits per heavy atom. The van der Waals surface area contributed by atoms with Crippen LogP contribution in [0.1, 0.15) is 12.8 Å². The smallest absolute Gasteiger partial charge is 0.319 e. The van der Waals surface area contributed by atoms with Gasteiger partial charge in [-0.3, -0.25) is 0 Å². The van der Waals surface area contributed by atoms with E-state index < -0.39 is 21.7 Å². The van der Waals surface area contributed by atoms with Crippen molar-refractivity contribution < 1.29 is 17.6 Å². The Balaban J connectivity index is 1.91. The van der Waals surface area contributed by atoms with Gasteiger partial charge in [-0.05, 0) is 31.0 Å². The van der Waals surface area contributed by atoms with Crippen molar-refractivity contribution in [3.63, 3.8) is 0 Å². The molecule has 1 aliphatic rings. The summed E-state index contributed by atoms with van der Waals surface area (Å²) >= 11 is 0. The zero-order valence-electron chi connectivity index (χ0n) is 10.2. The Morgan fingerprint density at radius 3 is 2.84 bits per heavy atom. The van der Waals surface area contributed by atoms with Crippen molar-refractivity contribution in [2.75, 3.05) is 16.8 Å². The molecule has 0 bridgehead atoms. The zero-order valence-corrected chi connectivity index (χ0v) is 11.0. The summed E-state index contributed by atoms with van der Waals surface area (Å²) in [5.74, 6) is -0.307. The molecule has 0 unspecified atom stereocenters. The molecule has 0 aromatic heterocycles. The van der Waals surface area contributed by atoms with Crippen LogP contribution >= 0.6 is 0 Å². The zero-order chi connectivity index (χ0) is 13.9. The molecule has 0 radical (unpaired) electrons. The van der Waals surface area contributed by atoms with Crippen molar-refractivity contribution in [2.24, 2.45) is 0 Å². The molecule has 0 aliphatic carbocycles. The molecule has 19 heavy (non-hydrogen) atoms. The second-order valence-corrected chi connectivity index (χ2v) is 6.79. The lowest BCUT2D eigenvalue weighted by molar-refractivity contribution is 0.248. The van der Waals surface area contributed by atoms with Crippen molar-refractivity contribution in [2.45, 2.75) is 18.9 Å². The molecular formula is C12H15FN2O3S. The molecule has 0 spiro atoms. The molecule has 2 N–H and O–H groups in total. The predicted molar refractivity (Wildman–Crippen MR) is 70.2 cm³/mol. The van der Waals surface area contributed by atoms with Gasteiger partial charge in [0.2, 0.25) is 0 Å². The van der Waals surface area contributed by atoms with Crippen LogP contribution in [0.2, 0.25) is 0 Å². The fourth-order valence-electron chi connectivity index (χ4n) is 2.06. The van der Waals surface area contributed by atoms with Gasteiger partial charge < -0.3 is 10.6 Å². The van der Waals surface area contributed by atoms with Crippen LogP contribution in [0.4, 0.5) is 14.9 Å². The average molecular weight is 286 g/mol. The molecule has 1 aliphatic heterocycles. The van der Waals surface area contributed by atoms with E-state index in [-0.39, 0.29) is 17.5 Å². The molecule has 1 saturated heterocycles. The SMILES string of the molecule is O=C(Nc1cccc(F)c1)N[C@H]1CCCS(=O)(=O)C1.